The molecule has 0 spiro atoms. The predicted molar refractivity (Wildman–Crippen MR) is 74.0 cm³/mol. The van der Waals surface area contributed by atoms with E-state index in [-0.39, 0.29) is 27.9 Å². The third kappa shape index (κ3) is 3.40. The summed E-state index contributed by atoms with van der Waals surface area (Å²) in [6.45, 7) is 0. The molecule has 0 saturated carbocycles. The maximum atomic E-state index is 12.5. The normalized spacial score (nSPS) is 11.3. The first-order chi connectivity index (χ1) is 10.2. The second-order valence-electron chi connectivity index (χ2n) is 4.22. The molecule has 0 saturated heterocycles. The molecule has 9 heteroatoms. The summed E-state index contributed by atoms with van der Waals surface area (Å²) in [6, 6.07) is 6.18. The van der Waals surface area contributed by atoms with Crippen LogP contribution in [0.1, 0.15) is 5.56 Å². The van der Waals surface area contributed by atoms with Crippen LogP contribution in [-0.4, -0.2) is 4.92 Å². The number of anilines is 1. The van der Waals surface area contributed by atoms with Gasteiger partial charge in [-0.25, -0.2) is 0 Å². The van der Waals surface area contributed by atoms with Gasteiger partial charge in [-0.1, -0.05) is 11.6 Å². The molecule has 0 aromatic heterocycles. The van der Waals surface area contributed by atoms with Crippen molar-refractivity contribution in [2.24, 2.45) is 0 Å². The Labute approximate surface area is 127 Å². The minimum Gasteiger partial charge on any atom is -0.456 e. The zero-order chi connectivity index (χ0) is 16.5. The van der Waals surface area contributed by atoms with E-state index in [2.05, 4.69) is 0 Å². The summed E-state index contributed by atoms with van der Waals surface area (Å²) in [5.41, 5.74) is 4.15. The summed E-state index contributed by atoms with van der Waals surface area (Å²) >= 11 is 5.74. The van der Waals surface area contributed by atoms with Crippen LogP contribution in [0.2, 0.25) is 5.02 Å². The SMILES string of the molecule is Nc1cc(Oc2ccc(C(F)(F)F)cc2Cl)ccc1[N+](=O)[O-]. The summed E-state index contributed by atoms with van der Waals surface area (Å²) in [5, 5.41) is 10.4. The number of ether oxygens (including phenoxy) is 1. The molecule has 0 unspecified atom stereocenters. The molecule has 0 aliphatic carbocycles. The number of nitrogen functional groups attached to an aromatic ring is 1. The Hall–Kier alpha value is -2.48. The maximum Gasteiger partial charge on any atom is 0.416 e. The topological polar surface area (TPSA) is 78.4 Å². The van der Waals surface area contributed by atoms with Gasteiger partial charge in [0.05, 0.1) is 15.5 Å². The van der Waals surface area contributed by atoms with Crippen LogP contribution in [0.3, 0.4) is 0 Å². The number of hydrogen-bond acceptors (Lipinski definition) is 4. The molecule has 2 aromatic rings. The standard InChI is InChI=1S/C13H8ClF3N2O3/c14-9-5-7(13(15,16)17)1-4-12(9)22-8-2-3-11(19(20)21)10(18)6-8/h1-6H,18H2. The summed E-state index contributed by atoms with van der Waals surface area (Å²) in [7, 11) is 0. The molecule has 0 bridgehead atoms. The lowest BCUT2D eigenvalue weighted by Gasteiger charge is -2.11. The molecule has 0 aliphatic heterocycles. The molecule has 0 atom stereocenters. The number of alkyl halides is 3. The van der Waals surface area contributed by atoms with Gasteiger partial charge in [0.1, 0.15) is 17.2 Å². The van der Waals surface area contributed by atoms with E-state index in [1.807, 2.05) is 0 Å². The van der Waals surface area contributed by atoms with Gasteiger partial charge in [0.15, 0.2) is 0 Å². The van der Waals surface area contributed by atoms with Crippen molar-refractivity contribution in [1.29, 1.82) is 0 Å². The van der Waals surface area contributed by atoms with Crippen LogP contribution in [0, 0.1) is 10.1 Å². The molecule has 0 aliphatic rings. The van der Waals surface area contributed by atoms with E-state index in [9.17, 15) is 23.3 Å². The number of halogens is 4. The maximum absolute atomic E-state index is 12.5. The molecule has 22 heavy (non-hydrogen) atoms. The van der Waals surface area contributed by atoms with E-state index >= 15 is 0 Å². The van der Waals surface area contributed by atoms with Gasteiger partial charge in [-0.15, -0.1) is 0 Å². The lowest BCUT2D eigenvalue weighted by atomic mass is 10.2. The van der Waals surface area contributed by atoms with Gasteiger partial charge < -0.3 is 10.5 Å². The summed E-state index contributed by atoms with van der Waals surface area (Å²) in [4.78, 5) is 9.97. The van der Waals surface area contributed by atoms with Gasteiger partial charge >= 0.3 is 6.18 Å². The van der Waals surface area contributed by atoms with Gasteiger partial charge in [0.25, 0.3) is 5.69 Å². The highest BCUT2D eigenvalue weighted by molar-refractivity contribution is 6.32. The Kier molecular flexibility index (Phi) is 4.14. The zero-order valence-electron chi connectivity index (χ0n) is 10.7. The zero-order valence-corrected chi connectivity index (χ0v) is 11.5. The van der Waals surface area contributed by atoms with E-state index in [1.165, 1.54) is 12.1 Å². The third-order valence-electron chi connectivity index (χ3n) is 2.68. The molecule has 2 rings (SSSR count). The molecule has 0 radical (unpaired) electrons. The van der Waals surface area contributed by atoms with Gasteiger partial charge in [-0.05, 0) is 24.3 Å². The van der Waals surface area contributed by atoms with Crippen molar-refractivity contribution >= 4 is 23.0 Å². The highest BCUT2D eigenvalue weighted by Crippen LogP contribution is 2.37. The van der Waals surface area contributed by atoms with E-state index < -0.39 is 16.7 Å². The monoisotopic (exact) mass is 332 g/mol. The molecule has 0 fully saturated rings. The predicted octanol–water partition coefficient (Wildman–Crippen LogP) is 4.64. The van der Waals surface area contributed by atoms with Crippen LogP contribution in [0.25, 0.3) is 0 Å². The van der Waals surface area contributed by atoms with Gasteiger partial charge in [0.2, 0.25) is 0 Å². The summed E-state index contributed by atoms with van der Waals surface area (Å²) in [6.07, 6.45) is -4.51. The van der Waals surface area contributed by atoms with E-state index in [0.29, 0.717) is 0 Å². The molecular weight excluding hydrogens is 325 g/mol. The Morgan fingerprint density at radius 3 is 2.36 bits per heavy atom. The number of nitro benzene ring substituents is 1. The lowest BCUT2D eigenvalue weighted by molar-refractivity contribution is -0.383. The van der Waals surface area contributed by atoms with Crippen LogP contribution in [0.5, 0.6) is 11.5 Å². The molecule has 2 aromatic carbocycles. The first-order valence-corrected chi connectivity index (χ1v) is 6.15. The number of benzene rings is 2. The largest absolute Gasteiger partial charge is 0.456 e. The Morgan fingerprint density at radius 1 is 1.18 bits per heavy atom. The first-order valence-electron chi connectivity index (χ1n) is 5.77. The van der Waals surface area contributed by atoms with Crippen molar-refractivity contribution in [1.82, 2.24) is 0 Å². The van der Waals surface area contributed by atoms with Gasteiger partial charge in [-0.2, -0.15) is 13.2 Å². The van der Waals surface area contributed by atoms with Crippen molar-refractivity contribution in [3.05, 3.63) is 57.1 Å². The van der Waals surface area contributed by atoms with E-state index in [4.69, 9.17) is 22.1 Å². The second kappa shape index (κ2) is 5.72. The molecular formula is C13H8ClF3N2O3. The van der Waals surface area contributed by atoms with Crippen LogP contribution in [0.15, 0.2) is 36.4 Å². The van der Waals surface area contributed by atoms with Crippen molar-refractivity contribution in [2.75, 3.05) is 5.73 Å². The fourth-order valence-corrected chi connectivity index (χ4v) is 1.87. The van der Waals surface area contributed by atoms with Crippen molar-refractivity contribution < 1.29 is 22.8 Å². The van der Waals surface area contributed by atoms with Crippen LogP contribution in [0.4, 0.5) is 24.5 Å². The van der Waals surface area contributed by atoms with Crippen molar-refractivity contribution in [2.45, 2.75) is 6.18 Å². The van der Waals surface area contributed by atoms with E-state index in [0.717, 1.165) is 24.3 Å². The number of nitrogens with two attached hydrogens (primary N) is 1. The fourth-order valence-electron chi connectivity index (χ4n) is 1.65. The van der Waals surface area contributed by atoms with Gasteiger partial charge in [0, 0.05) is 12.1 Å². The Morgan fingerprint density at radius 2 is 1.86 bits per heavy atom. The van der Waals surface area contributed by atoms with Gasteiger partial charge in [-0.3, -0.25) is 10.1 Å². The highest BCUT2D eigenvalue weighted by atomic mass is 35.5. The van der Waals surface area contributed by atoms with E-state index in [1.54, 1.807) is 0 Å². The average molecular weight is 333 g/mol. The molecule has 2 N–H and O–H groups in total. The molecule has 116 valence electrons. The Balaban J connectivity index is 2.28. The smallest absolute Gasteiger partial charge is 0.416 e. The van der Waals surface area contributed by atoms with Crippen molar-refractivity contribution in [3.63, 3.8) is 0 Å². The van der Waals surface area contributed by atoms with Crippen LogP contribution in [-0.2, 0) is 6.18 Å². The quantitative estimate of drug-likeness (QED) is 0.504. The Bertz CT molecular complexity index is 735. The second-order valence-corrected chi connectivity index (χ2v) is 4.63. The number of hydrogen-bond donors (Lipinski definition) is 1. The minimum absolute atomic E-state index is 0.0251. The third-order valence-corrected chi connectivity index (χ3v) is 2.98. The molecule has 0 amide bonds. The van der Waals surface area contributed by atoms with Crippen LogP contribution < -0.4 is 10.5 Å². The number of nitro groups is 1. The minimum atomic E-state index is -4.51. The average Bonchev–Trinajstić information content (AvgIpc) is 2.39. The fraction of sp³-hybridized carbons (Fsp3) is 0.0769. The highest BCUT2D eigenvalue weighted by Gasteiger charge is 2.31. The lowest BCUT2D eigenvalue weighted by Crippen LogP contribution is -2.04. The van der Waals surface area contributed by atoms with Crippen molar-refractivity contribution in [3.8, 4) is 11.5 Å². The van der Waals surface area contributed by atoms with Crippen LogP contribution >= 0.6 is 11.6 Å². The number of nitrogens with zero attached hydrogens (tertiary/aromatic N) is 1. The molecule has 5 nitrogen and oxygen atoms in total. The summed E-state index contributed by atoms with van der Waals surface area (Å²) in [5.74, 6) is 0.0904. The first kappa shape index (κ1) is 15.9. The number of rotatable bonds is 3. The molecule has 0 heterocycles. The summed E-state index contributed by atoms with van der Waals surface area (Å²) < 4.78 is 42.8.